The SMILES string of the molecule is COC1CC(C(=O)c2ccc(F)cc2)C1. The predicted molar refractivity (Wildman–Crippen MR) is 54.3 cm³/mol. The van der Waals surface area contributed by atoms with Gasteiger partial charge in [0.15, 0.2) is 5.78 Å². The quantitative estimate of drug-likeness (QED) is 0.713. The molecule has 0 bridgehead atoms. The summed E-state index contributed by atoms with van der Waals surface area (Å²) in [6.45, 7) is 0. The van der Waals surface area contributed by atoms with Gasteiger partial charge in [-0.15, -0.1) is 0 Å². The number of Topliss-reactive ketones (excluding diaryl/α,β-unsaturated/α-hetero) is 1. The highest BCUT2D eigenvalue weighted by Gasteiger charge is 2.34. The summed E-state index contributed by atoms with van der Waals surface area (Å²) >= 11 is 0. The highest BCUT2D eigenvalue weighted by molar-refractivity contribution is 5.98. The van der Waals surface area contributed by atoms with Gasteiger partial charge in [0.1, 0.15) is 5.82 Å². The molecular weight excluding hydrogens is 195 g/mol. The van der Waals surface area contributed by atoms with Crippen molar-refractivity contribution in [3.63, 3.8) is 0 Å². The highest BCUT2D eigenvalue weighted by Crippen LogP contribution is 2.32. The number of carbonyl (C=O) groups excluding carboxylic acids is 1. The molecule has 0 aliphatic heterocycles. The molecule has 1 aliphatic rings. The molecule has 0 spiro atoms. The van der Waals surface area contributed by atoms with E-state index in [1.165, 1.54) is 24.3 Å². The Morgan fingerprint density at radius 2 is 1.93 bits per heavy atom. The number of ketones is 1. The first-order chi connectivity index (χ1) is 7.20. The van der Waals surface area contributed by atoms with Gasteiger partial charge < -0.3 is 4.74 Å². The summed E-state index contributed by atoms with van der Waals surface area (Å²) in [5.41, 5.74) is 0.593. The third-order valence-electron chi connectivity index (χ3n) is 2.93. The second-order valence-corrected chi connectivity index (χ2v) is 3.90. The van der Waals surface area contributed by atoms with E-state index in [-0.39, 0.29) is 23.6 Å². The molecule has 1 fully saturated rings. The zero-order chi connectivity index (χ0) is 10.8. The number of hydrogen-bond acceptors (Lipinski definition) is 2. The third-order valence-corrected chi connectivity index (χ3v) is 2.93. The van der Waals surface area contributed by atoms with Crippen molar-refractivity contribution in [2.24, 2.45) is 5.92 Å². The molecule has 1 aromatic carbocycles. The van der Waals surface area contributed by atoms with E-state index in [0.717, 1.165) is 12.8 Å². The van der Waals surface area contributed by atoms with Gasteiger partial charge in [0.25, 0.3) is 0 Å². The molecule has 0 heterocycles. The molecule has 3 heteroatoms. The highest BCUT2D eigenvalue weighted by atomic mass is 19.1. The summed E-state index contributed by atoms with van der Waals surface area (Å²) in [6.07, 6.45) is 1.79. The third kappa shape index (κ3) is 2.07. The number of rotatable bonds is 3. The fourth-order valence-corrected chi connectivity index (χ4v) is 1.82. The number of methoxy groups -OCH3 is 1. The number of carbonyl (C=O) groups is 1. The van der Waals surface area contributed by atoms with Crippen LogP contribution in [0.25, 0.3) is 0 Å². The van der Waals surface area contributed by atoms with Crippen molar-refractivity contribution in [1.29, 1.82) is 0 Å². The van der Waals surface area contributed by atoms with Crippen LogP contribution in [0.1, 0.15) is 23.2 Å². The molecule has 0 amide bonds. The zero-order valence-corrected chi connectivity index (χ0v) is 8.57. The lowest BCUT2D eigenvalue weighted by atomic mass is 9.77. The Kier molecular flexibility index (Phi) is 2.82. The van der Waals surface area contributed by atoms with Crippen LogP contribution >= 0.6 is 0 Å². The van der Waals surface area contributed by atoms with Gasteiger partial charge in [-0.3, -0.25) is 4.79 Å². The maximum Gasteiger partial charge on any atom is 0.166 e. The van der Waals surface area contributed by atoms with Crippen molar-refractivity contribution in [3.05, 3.63) is 35.6 Å². The first-order valence-corrected chi connectivity index (χ1v) is 5.03. The minimum absolute atomic E-state index is 0.0559. The molecule has 0 unspecified atom stereocenters. The summed E-state index contributed by atoms with van der Waals surface area (Å²) < 4.78 is 17.7. The lowest BCUT2D eigenvalue weighted by Crippen LogP contribution is -2.35. The van der Waals surface area contributed by atoms with Gasteiger partial charge in [-0.25, -0.2) is 4.39 Å². The van der Waals surface area contributed by atoms with Crippen LogP contribution in [0.2, 0.25) is 0 Å². The Balaban J connectivity index is 2.00. The van der Waals surface area contributed by atoms with Crippen LogP contribution in [0.15, 0.2) is 24.3 Å². The van der Waals surface area contributed by atoms with E-state index >= 15 is 0 Å². The average molecular weight is 208 g/mol. The molecule has 0 atom stereocenters. The van der Waals surface area contributed by atoms with Crippen LogP contribution in [0.4, 0.5) is 4.39 Å². The first kappa shape index (κ1) is 10.3. The zero-order valence-electron chi connectivity index (χ0n) is 8.57. The molecular formula is C12H13FO2. The van der Waals surface area contributed by atoms with Crippen LogP contribution in [0.3, 0.4) is 0 Å². The van der Waals surface area contributed by atoms with Crippen molar-refractivity contribution in [2.75, 3.05) is 7.11 Å². The van der Waals surface area contributed by atoms with Gasteiger partial charge >= 0.3 is 0 Å². The minimum atomic E-state index is -0.310. The molecule has 2 rings (SSSR count). The maximum absolute atomic E-state index is 12.6. The number of halogens is 1. The molecule has 1 aromatic rings. The molecule has 1 aliphatic carbocycles. The Hall–Kier alpha value is -1.22. The Morgan fingerprint density at radius 1 is 1.33 bits per heavy atom. The number of ether oxygens (including phenoxy) is 1. The van der Waals surface area contributed by atoms with E-state index in [4.69, 9.17) is 4.74 Å². The van der Waals surface area contributed by atoms with E-state index < -0.39 is 0 Å². The Morgan fingerprint density at radius 3 is 2.47 bits per heavy atom. The normalized spacial score (nSPS) is 24.7. The van der Waals surface area contributed by atoms with E-state index in [1.807, 2.05) is 0 Å². The molecule has 1 saturated carbocycles. The first-order valence-electron chi connectivity index (χ1n) is 5.03. The number of benzene rings is 1. The van der Waals surface area contributed by atoms with Crippen molar-refractivity contribution in [2.45, 2.75) is 18.9 Å². The monoisotopic (exact) mass is 208 g/mol. The van der Waals surface area contributed by atoms with Gasteiger partial charge in [0, 0.05) is 18.6 Å². The topological polar surface area (TPSA) is 26.3 Å². The van der Waals surface area contributed by atoms with Gasteiger partial charge in [-0.2, -0.15) is 0 Å². The second-order valence-electron chi connectivity index (χ2n) is 3.90. The molecule has 0 radical (unpaired) electrons. The van der Waals surface area contributed by atoms with Crippen molar-refractivity contribution in [1.82, 2.24) is 0 Å². The van der Waals surface area contributed by atoms with Crippen LogP contribution in [0, 0.1) is 11.7 Å². The van der Waals surface area contributed by atoms with Crippen LogP contribution in [-0.2, 0) is 4.74 Å². The summed E-state index contributed by atoms with van der Waals surface area (Å²) in [7, 11) is 1.66. The predicted octanol–water partition coefficient (Wildman–Crippen LogP) is 2.43. The van der Waals surface area contributed by atoms with Crippen molar-refractivity contribution >= 4 is 5.78 Å². The van der Waals surface area contributed by atoms with E-state index in [0.29, 0.717) is 5.56 Å². The van der Waals surface area contributed by atoms with E-state index in [1.54, 1.807) is 7.11 Å². The minimum Gasteiger partial charge on any atom is -0.381 e. The molecule has 80 valence electrons. The molecule has 0 N–H and O–H groups in total. The van der Waals surface area contributed by atoms with Crippen LogP contribution < -0.4 is 0 Å². The molecule has 0 aromatic heterocycles. The average Bonchev–Trinajstić information content (AvgIpc) is 2.17. The molecule has 0 saturated heterocycles. The van der Waals surface area contributed by atoms with Gasteiger partial charge in [-0.05, 0) is 37.1 Å². The Bertz CT molecular complexity index is 352. The largest absolute Gasteiger partial charge is 0.381 e. The fourth-order valence-electron chi connectivity index (χ4n) is 1.82. The molecule has 15 heavy (non-hydrogen) atoms. The smallest absolute Gasteiger partial charge is 0.166 e. The Labute approximate surface area is 88.1 Å². The summed E-state index contributed by atoms with van der Waals surface area (Å²) in [4.78, 5) is 11.8. The summed E-state index contributed by atoms with van der Waals surface area (Å²) in [6, 6.07) is 5.72. The van der Waals surface area contributed by atoms with Crippen LogP contribution in [-0.4, -0.2) is 19.0 Å². The van der Waals surface area contributed by atoms with Crippen LogP contribution in [0.5, 0.6) is 0 Å². The lowest BCUT2D eigenvalue weighted by molar-refractivity contribution is 0.00519. The van der Waals surface area contributed by atoms with Gasteiger partial charge in [0.05, 0.1) is 6.10 Å². The van der Waals surface area contributed by atoms with E-state index in [9.17, 15) is 9.18 Å². The standard InChI is InChI=1S/C12H13FO2/c1-15-11-6-9(7-11)12(14)8-2-4-10(13)5-3-8/h2-5,9,11H,6-7H2,1H3. The van der Waals surface area contributed by atoms with Crippen molar-refractivity contribution in [3.8, 4) is 0 Å². The molecule has 2 nitrogen and oxygen atoms in total. The van der Waals surface area contributed by atoms with Gasteiger partial charge in [-0.1, -0.05) is 0 Å². The van der Waals surface area contributed by atoms with Gasteiger partial charge in [0.2, 0.25) is 0 Å². The lowest BCUT2D eigenvalue weighted by Gasteiger charge is -2.32. The summed E-state index contributed by atoms with van der Waals surface area (Å²) in [5, 5.41) is 0. The number of hydrogen-bond donors (Lipinski definition) is 0. The second kappa shape index (κ2) is 4.11. The summed E-state index contributed by atoms with van der Waals surface area (Å²) in [5.74, 6) is -0.154. The maximum atomic E-state index is 12.6. The van der Waals surface area contributed by atoms with Crippen molar-refractivity contribution < 1.29 is 13.9 Å². The van der Waals surface area contributed by atoms with E-state index in [2.05, 4.69) is 0 Å². The fraction of sp³-hybridized carbons (Fsp3) is 0.417.